The lowest BCUT2D eigenvalue weighted by atomic mass is 9.96. The molecule has 0 aromatic heterocycles. The van der Waals surface area contributed by atoms with Crippen molar-refractivity contribution in [2.45, 2.75) is 19.0 Å². The molecule has 3 nitrogen and oxygen atoms in total. The quantitative estimate of drug-likeness (QED) is 0.745. The number of esters is 1. The molecular formula is C14H15BrF3NO2. The number of ether oxygens (including phenoxy) is 1. The van der Waals surface area contributed by atoms with Crippen molar-refractivity contribution in [1.82, 2.24) is 0 Å². The summed E-state index contributed by atoms with van der Waals surface area (Å²) in [6.07, 6.45) is -3.40. The van der Waals surface area contributed by atoms with Crippen LogP contribution in [-0.2, 0) is 15.7 Å². The van der Waals surface area contributed by atoms with Gasteiger partial charge in [0.1, 0.15) is 0 Å². The van der Waals surface area contributed by atoms with E-state index in [4.69, 9.17) is 0 Å². The predicted octanol–water partition coefficient (Wildman–Crippen LogP) is 3.86. The van der Waals surface area contributed by atoms with Crippen LogP contribution in [0.2, 0.25) is 0 Å². The van der Waals surface area contributed by atoms with Gasteiger partial charge in [0, 0.05) is 17.6 Å². The van der Waals surface area contributed by atoms with E-state index in [-0.39, 0.29) is 17.6 Å². The number of nitrogens with zero attached hydrogens (tertiary/aromatic N) is 1. The lowest BCUT2D eigenvalue weighted by Crippen LogP contribution is -2.37. The zero-order valence-corrected chi connectivity index (χ0v) is 13.0. The molecule has 1 fully saturated rings. The number of rotatable bonds is 2. The normalized spacial score (nSPS) is 16.9. The summed E-state index contributed by atoms with van der Waals surface area (Å²) in [5.74, 6) is -0.521. The van der Waals surface area contributed by atoms with Gasteiger partial charge in [-0.25, -0.2) is 0 Å². The van der Waals surface area contributed by atoms with Gasteiger partial charge in [-0.15, -0.1) is 0 Å². The molecule has 0 unspecified atom stereocenters. The van der Waals surface area contributed by atoms with Crippen LogP contribution in [-0.4, -0.2) is 26.2 Å². The molecule has 21 heavy (non-hydrogen) atoms. The van der Waals surface area contributed by atoms with Crippen LogP contribution in [0, 0.1) is 5.92 Å². The van der Waals surface area contributed by atoms with Gasteiger partial charge in [0.2, 0.25) is 0 Å². The van der Waals surface area contributed by atoms with Crippen LogP contribution in [0.3, 0.4) is 0 Å². The third-order valence-corrected chi connectivity index (χ3v) is 4.13. The third-order valence-electron chi connectivity index (χ3n) is 3.64. The van der Waals surface area contributed by atoms with Crippen molar-refractivity contribution < 1.29 is 22.7 Å². The van der Waals surface area contributed by atoms with Crippen molar-refractivity contribution in [2.24, 2.45) is 5.92 Å². The van der Waals surface area contributed by atoms with E-state index in [2.05, 4.69) is 20.7 Å². The van der Waals surface area contributed by atoms with E-state index in [0.29, 0.717) is 30.4 Å². The first kappa shape index (κ1) is 16.1. The minimum absolute atomic E-state index is 0.153. The Bertz CT molecular complexity index is 525. The first-order valence-electron chi connectivity index (χ1n) is 6.52. The molecule has 1 heterocycles. The zero-order chi connectivity index (χ0) is 15.6. The standard InChI is InChI=1S/C14H15BrF3NO2/c1-21-13(20)9-4-6-19(7-5-9)12-8-10(15)2-3-11(12)14(16,17)18/h2-3,8-9H,4-7H2,1H3. The molecule has 0 aliphatic carbocycles. The van der Waals surface area contributed by atoms with E-state index in [1.165, 1.54) is 19.2 Å². The number of hydrogen-bond acceptors (Lipinski definition) is 3. The average Bonchev–Trinajstić information content (AvgIpc) is 2.45. The summed E-state index contributed by atoms with van der Waals surface area (Å²) in [5, 5.41) is 0. The third kappa shape index (κ3) is 3.70. The molecule has 2 rings (SSSR count). The Balaban J connectivity index is 2.20. The van der Waals surface area contributed by atoms with Gasteiger partial charge >= 0.3 is 12.1 Å². The van der Waals surface area contributed by atoms with Crippen LogP contribution in [0.4, 0.5) is 18.9 Å². The van der Waals surface area contributed by atoms with Crippen LogP contribution in [0.25, 0.3) is 0 Å². The molecule has 0 N–H and O–H groups in total. The second kappa shape index (κ2) is 6.25. The Morgan fingerprint density at radius 1 is 1.33 bits per heavy atom. The van der Waals surface area contributed by atoms with Crippen LogP contribution in [0.5, 0.6) is 0 Å². The van der Waals surface area contributed by atoms with Gasteiger partial charge in [0.15, 0.2) is 0 Å². The van der Waals surface area contributed by atoms with E-state index in [1.54, 1.807) is 4.90 Å². The Kier molecular flexibility index (Phi) is 4.81. The van der Waals surface area contributed by atoms with E-state index in [0.717, 1.165) is 6.07 Å². The SMILES string of the molecule is COC(=O)C1CCN(c2cc(Br)ccc2C(F)(F)F)CC1. The Morgan fingerprint density at radius 3 is 2.48 bits per heavy atom. The van der Waals surface area contributed by atoms with E-state index in [1.807, 2.05) is 0 Å². The highest BCUT2D eigenvalue weighted by Gasteiger charge is 2.36. The second-order valence-corrected chi connectivity index (χ2v) is 5.86. The smallest absolute Gasteiger partial charge is 0.418 e. The fourth-order valence-corrected chi connectivity index (χ4v) is 2.88. The molecule has 1 aromatic rings. The minimum Gasteiger partial charge on any atom is -0.469 e. The largest absolute Gasteiger partial charge is 0.469 e. The van der Waals surface area contributed by atoms with Gasteiger partial charge in [-0.05, 0) is 31.0 Å². The summed E-state index contributed by atoms with van der Waals surface area (Å²) >= 11 is 3.21. The van der Waals surface area contributed by atoms with Crippen LogP contribution >= 0.6 is 15.9 Å². The van der Waals surface area contributed by atoms with Crippen LogP contribution < -0.4 is 4.90 Å². The van der Waals surface area contributed by atoms with Gasteiger partial charge in [-0.1, -0.05) is 15.9 Å². The number of halogens is 4. The molecule has 1 aliphatic rings. The maximum absolute atomic E-state index is 13.1. The summed E-state index contributed by atoms with van der Waals surface area (Å²) in [6, 6.07) is 3.93. The van der Waals surface area contributed by atoms with E-state index in [9.17, 15) is 18.0 Å². The molecule has 0 atom stereocenters. The summed E-state index contributed by atoms with van der Waals surface area (Å²) in [7, 11) is 1.32. The zero-order valence-electron chi connectivity index (χ0n) is 11.4. The molecule has 0 saturated carbocycles. The lowest BCUT2D eigenvalue weighted by molar-refractivity contribution is -0.146. The van der Waals surface area contributed by atoms with Gasteiger partial charge in [0.25, 0.3) is 0 Å². The van der Waals surface area contributed by atoms with Gasteiger partial charge in [-0.2, -0.15) is 13.2 Å². The topological polar surface area (TPSA) is 29.5 Å². The summed E-state index contributed by atoms with van der Waals surface area (Å²) in [5.41, 5.74) is -0.498. The van der Waals surface area contributed by atoms with E-state index >= 15 is 0 Å². The number of carbonyl (C=O) groups is 1. The summed E-state index contributed by atoms with van der Waals surface area (Å²) in [6.45, 7) is 0.804. The first-order chi connectivity index (χ1) is 9.82. The molecule has 0 amide bonds. The van der Waals surface area contributed by atoms with Gasteiger partial charge in [0.05, 0.1) is 24.3 Å². The summed E-state index contributed by atoms with van der Waals surface area (Å²) < 4.78 is 44.5. The highest BCUT2D eigenvalue weighted by molar-refractivity contribution is 9.10. The van der Waals surface area contributed by atoms with Crippen molar-refractivity contribution in [3.8, 4) is 0 Å². The Morgan fingerprint density at radius 2 is 1.95 bits per heavy atom. The molecule has 1 aliphatic heterocycles. The molecule has 7 heteroatoms. The fraction of sp³-hybridized carbons (Fsp3) is 0.500. The highest BCUT2D eigenvalue weighted by Crippen LogP contribution is 2.39. The summed E-state index contributed by atoms with van der Waals surface area (Å²) in [4.78, 5) is 13.1. The van der Waals surface area contributed by atoms with Crippen molar-refractivity contribution in [3.05, 3.63) is 28.2 Å². The van der Waals surface area contributed by atoms with Gasteiger partial charge in [-0.3, -0.25) is 4.79 Å². The van der Waals surface area contributed by atoms with Crippen molar-refractivity contribution in [3.63, 3.8) is 0 Å². The maximum atomic E-state index is 13.1. The molecule has 1 saturated heterocycles. The van der Waals surface area contributed by atoms with Crippen molar-refractivity contribution in [1.29, 1.82) is 0 Å². The molecule has 0 bridgehead atoms. The monoisotopic (exact) mass is 365 g/mol. The molecular weight excluding hydrogens is 351 g/mol. The first-order valence-corrected chi connectivity index (χ1v) is 7.31. The highest BCUT2D eigenvalue weighted by atomic mass is 79.9. The van der Waals surface area contributed by atoms with Crippen molar-refractivity contribution in [2.75, 3.05) is 25.1 Å². The van der Waals surface area contributed by atoms with Crippen LogP contribution in [0.15, 0.2) is 22.7 Å². The Hall–Kier alpha value is -1.24. The Labute approximate surface area is 129 Å². The second-order valence-electron chi connectivity index (χ2n) is 4.94. The average molecular weight is 366 g/mol. The molecule has 1 aromatic carbocycles. The number of hydrogen-bond donors (Lipinski definition) is 0. The number of carbonyl (C=O) groups excluding carboxylic acids is 1. The number of alkyl halides is 3. The van der Waals surface area contributed by atoms with Crippen LogP contribution in [0.1, 0.15) is 18.4 Å². The number of methoxy groups -OCH3 is 1. The molecule has 0 spiro atoms. The maximum Gasteiger partial charge on any atom is 0.418 e. The lowest BCUT2D eigenvalue weighted by Gasteiger charge is -2.34. The van der Waals surface area contributed by atoms with E-state index < -0.39 is 11.7 Å². The number of piperidine rings is 1. The molecule has 0 radical (unpaired) electrons. The minimum atomic E-state index is -4.39. The predicted molar refractivity (Wildman–Crippen MR) is 76.1 cm³/mol. The van der Waals surface area contributed by atoms with Crippen molar-refractivity contribution >= 4 is 27.6 Å². The molecule has 116 valence electrons. The fourth-order valence-electron chi connectivity index (χ4n) is 2.53. The van der Waals surface area contributed by atoms with Gasteiger partial charge < -0.3 is 9.64 Å². The number of benzene rings is 1. The number of anilines is 1.